The molecule has 4 heteroatoms. The average molecular weight is 240 g/mol. The van der Waals surface area contributed by atoms with Crippen molar-refractivity contribution in [3.05, 3.63) is 0 Å². The highest BCUT2D eigenvalue weighted by Gasteiger charge is 2.25. The van der Waals surface area contributed by atoms with Crippen molar-refractivity contribution in [3.63, 3.8) is 0 Å². The SMILES string of the molecule is O=C(NC1CCCCC1)N[C@H]1CCCC[C@@H]1O. The molecule has 2 atom stereocenters. The lowest BCUT2D eigenvalue weighted by Crippen LogP contribution is -2.51. The summed E-state index contributed by atoms with van der Waals surface area (Å²) in [5.41, 5.74) is 0. The maximum absolute atomic E-state index is 11.8. The summed E-state index contributed by atoms with van der Waals surface area (Å²) in [5, 5.41) is 15.7. The van der Waals surface area contributed by atoms with Crippen molar-refractivity contribution >= 4 is 6.03 Å². The summed E-state index contributed by atoms with van der Waals surface area (Å²) in [6.07, 6.45) is 9.46. The van der Waals surface area contributed by atoms with E-state index in [9.17, 15) is 9.90 Å². The number of carbonyl (C=O) groups is 1. The molecule has 2 aliphatic carbocycles. The highest BCUT2D eigenvalue weighted by molar-refractivity contribution is 5.74. The summed E-state index contributed by atoms with van der Waals surface area (Å²) in [7, 11) is 0. The Balaban J connectivity index is 1.72. The van der Waals surface area contributed by atoms with E-state index >= 15 is 0 Å². The maximum Gasteiger partial charge on any atom is 0.315 e. The van der Waals surface area contributed by atoms with Crippen molar-refractivity contribution < 1.29 is 9.90 Å². The number of urea groups is 1. The van der Waals surface area contributed by atoms with Crippen molar-refractivity contribution in [1.29, 1.82) is 0 Å². The molecule has 0 heterocycles. The van der Waals surface area contributed by atoms with Crippen molar-refractivity contribution in [1.82, 2.24) is 10.6 Å². The molecule has 0 aromatic heterocycles. The van der Waals surface area contributed by atoms with Crippen LogP contribution >= 0.6 is 0 Å². The second-order valence-corrected chi connectivity index (χ2v) is 5.41. The van der Waals surface area contributed by atoms with Gasteiger partial charge in [0.25, 0.3) is 0 Å². The van der Waals surface area contributed by atoms with Crippen LogP contribution < -0.4 is 10.6 Å². The van der Waals surface area contributed by atoms with Crippen LogP contribution in [-0.4, -0.2) is 29.3 Å². The third kappa shape index (κ3) is 3.87. The number of hydrogen-bond donors (Lipinski definition) is 3. The predicted octanol–water partition coefficient (Wildman–Crippen LogP) is 1.92. The Bertz CT molecular complexity index is 252. The molecule has 0 unspecified atom stereocenters. The van der Waals surface area contributed by atoms with Crippen LogP contribution in [0, 0.1) is 0 Å². The van der Waals surface area contributed by atoms with Gasteiger partial charge in [-0.25, -0.2) is 4.79 Å². The lowest BCUT2D eigenvalue weighted by Gasteiger charge is -2.30. The Hall–Kier alpha value is -0.770. The van der Waals surface area contributed by atoms with Gasteiger partial charge in [0.2, 0.25) is 0 Å². The molecule has 98 valence electrons. The van der Waals surface area contributed by atoms with Crippen LogP contribution in [-0.2, 0) is 0 Å². The molecule has 0 aromatic rings. The van der Waals surface area contributed by atoms with Crippen molar-refractivity contribution in [2.75, 3.05) is 0 Å². The molecule has 2 rings (SSSR count). The van der Waals surface area contributed by atoms with Crippen LogP contribution in [0.5, 0.6) is 0 Å². The lowest BCUT2D eigenvalue weighted by molar-refractivity contribution is 0.0938. The summed E-state index contributed by atoms with van der Waals surface area (Å²) in [5.74, 6) is 0. The van der Waals surface area contributed by atoms with E-state index < -0.39 is 0 Å². The largest absolute Gasteiger partial charge is 0.391 e. The van der Waals surface area contributed by atoms with E-state index in [4.69, 9.17) is 0 Å². The molecule has 0 radical (unpaired) electrons. The molecular formula is C13H24N2O2. The quantitative estimate of drug-likeness (QED) is 0.690. The summed E-state index contributed by atoms with van der Waals surface area (Å²) >= 11 is 0. The van der Waals surface area contributed by atoms with Crippen LogP contribution in [0.2, 0.25) is 0 Å². The number of nitrogens with one attached hydrogen (secondary N) is 2. The van der Waals surface area contributed by atoms with Gasteiger partial charge in [-0.05, 0) is 25.7 Å². The Morgan fingerprint density at radius 3 is 2.24 bits per heavy atom. The van der Waals surface area contributed by atoms with E-state index in [0.29, 0.717) is 6.04 Å². The summed E-state index contributed by atoms with van der Waals surface area (Å²) in [6.45, 7) is 0. The first kappa shape index (κ1) is 12.7. The number of aliphatic hydroxyl groups excluding tert-OH is 1. The first-order chi connectivity index (χ1) is 8.25. The van der Waals surface area contributed by atoms with Crippen LogP contribution in [0.15, 0.2) is 0 Å². The van der Waals surface area contributed by atoms with Crippen LogP contribution in [0.1, 0.15) is 57.8 Å². The van der Waals surface area contributed by atoms with E-state index in [1.54, 1.807) is 0 Å². The molecule has 0 aromatic carbocycles. The molecule has 2 fully saturated rings. The van der Waals surface area contributed by atoms with Gasteiger partial charge in [-0.15, -0.1) is 0 Å². The topological polar surface area (TPSA) is 61.4 Å². The van der Waals surface area contributed by atoms with Gasteiger partial charge in [0.05, 0.1) is 12.1 Å². The molecule has 2 saturated carbocycles. The lowest BCUT2D eigenvalue weighted by atomic mass is 9.92. The first-order valence-electron chi connectivity index (χ1n) is 7.01. The van der Waals surface area contributed by atoms with Crippen LogP contribution in [0.3, 0.4) is 0 Å². The van der Waals surface area contributed by atoms with Gasteiger partial charge in [0.1, 0.15) is 0 Å². The second kappa shape index (κ2) is 6.24. The fraction of sp³-hybridized carbons (Fsp3) is 0.923. The molecule has 0 spiro atoms. The standard InChI is InChI=1S/C13H24N2O2/c16-12-9-5-4-8-11(12)15-13(17)14-10-6-2-1-3-7-10/h10-12,16H,1-9H2,(H2,14,15,17)/t11-,12-/m0/s1. The highest BCUT2D eigenvalue weighted by Crippen LogP contribution is 2.19. The van der Waals surface area contributed by atoms with Gasteiger partial charge >= 0.3 is 6.03 Å². The third-order valence-electron chi connectivity index (χ3n) is 3.99. The van der Waals surface area contributed by atoms with Crippen molar-refractivity contribution in [2.45, 2.75) is 76.0 Å². The fourth-order valence-electron chi connectivity index (χ4n) is 2.92. The van der Waals surface area contributed by atoms with Gasteiger partial charge in [-0.3, -0.25) is 0 Å². The van der Waals surface area contributed by atoms with E-state index in [1.165, 1.54) is 19.3 Å². The molecule has 0 saturated heterocycles. The predicted molar refractivity (Wildman–Crippen MR) is 66.8 cm³/mol. The summed E-state index contributed by atoms with van der Waals surface area (Å²) in [6, 6.07) is 0.194. The van der Waals surface area contributed by atoms with Crippen molar-refractivity contribution in [2.24, 2.45) is 0 Å². The Kier molecular flexibility index (Phi) is 4.66. The fourth-order valence-corrected chi connectivity index (χ4v) is 2.92. The van der Waals surface area contributed by atoms with E-state index in [-0.39, 0.29) is 18.2 Å². The number of carbonyl (C=O) groups excluding carboxylic acids is 1. The number of amides is 2. The van der Waals surface area contributed by atoms with E-state index in [0.717, 1.165) is 38.5 Å². The zero-order valence-corrected chi connectivity index (χ0v) is 10.5. The minimum Gasteiger partial charge on any atom is -0.391 e. The smallest absolute Gasteiger partial charge is 0.315 e. The Morgan fingerprint density at radius 2 is 1.53 bits per heavy atom. The number of hydrogen-bond acceptors (Lipinski definition) is 2. The minimum atomic E-state index is -0.360. The van der Waals surface area contributed by atoms with Gasteiger partial charge in [-0.2, -0.15) is 0 Å². The van der Waals surface area contributed by atoms with Crippen LogP contribution in [0.4, 0.5) is 4.79 Å². The van der Waals surface area contributed by atoms with Gasteiger partial charge in [0.15, 0.2) is 0 Å². The molecule has 3 N–H and O–H groups in total. The molecule has 4 nitrogen and oxygen atoms in total. The zero-order chi connectivity index (χ0) is 12.1. The van der Waals surface area contributed by atoms with E-state index in [2.05, 4.69) is 10.6 Å². The molecule has 17 heavy (non-hydrogen) atoms. The van der Waals surface area contributed by atoms with Gasteiger partial charge in [0, 0.05) is 6.04 Å². The molecule has 0 aliphatic heterocycles. The third-order valence-corrected chi connectivity index (χ3v) is 3.99. The number of rotatable bonds is 2. The summed E-state index contributed by atoms with van der Waals surface area (Å²) in [4.78, 5) is 11.8. The Morgan fingerprint density at radius 1 is 0.882 bits per heavy atom. The van der Waals surface area contributed by atoms with Crippen molar-refractivity contribution in [3.8, 4) is 0 Å². The Labute approximate surface area is 103 Å². The summed E-state index contributed by atoms with van der Waals surface area (Å²) < 4.78 is 0. The van der Waals surface area contributed by atoms with Gasteiger partial charge in [-0.1, -0.05) is 32.1 Å². The van der Waals surface area contributed by atoms with E-state index in [1.807, 2.05) is 0 Å². The highest BCUT2D eigenvalue weighted by atomic mass is 16.3. The molecule has 2 amide bonds. The average Bonchev–Trinajstić information content (AvgIpc) is 2.33. The zero-order valence-electron chi connectivity index (χ0n) is 10.5. The second-order valence-electron chi connectivity index (χ2n) is 5.41. The minimum absolute atomic E-state index is 0.0488. The monoisotopic (exact) mass is 240 g/mol. The van der Waals surface area contributed by atoms with Gasteiger partial charge < -0.3 is 15.7 Å². The normalized spacial score (nSPS) is 30.9. The maximum atomic E-state index is 11.8. The molecule has 0 bridgehead atoms. The first-order valence-corrected chi connectivity index (χ1v) is 7.01. The van der Waals surface area contributed by atoms with Crippen LogP contribution in [0.25, 0.3) is 0 Å². The molecular weight excluding hydrogens is 216 g/mol. The molecule has 2 aliphatic rings. The number of aliphatic hydroxyl groups is 1.